The number of nitrogens with one attached hydrogen (secondary N) is 1. The lowest BCUT2D eigenvalue weighted by Crippen LogP contribution is -2.50. The van der Waals surface area contributed by atoms with Crippen LogP contribution in [0, 0.1) is 0 Å². The molecule has 0 radical (unpaired) electrons. The summed E-state index contributed by atoms with van der Waals surface area (Å²) in [5.41, 5.74) is 1.08. The van der Waals surface area contributed by atoms with Gasteiger partial charge in [0.25, 0.3) is 0 Å². The van der Waals surface area contributed by atoms with Gasteiger partial charge in [-0.05, 0) is 24.5 Å². The number of hydrogen-bond donors (Lipinski definition) is 1. The lowest BCUT2D eigenvalue weighted by molar-refractivity contribution is -0.142. The van der Waals surface area contributed by atoms with E-state index in [9.17, 15) is 4.79 Å². The minimum atomic E-state index is 0.0601. The van der Waals surface area contributed by atoms with E-state index in [-0.39, 0.29) is 24.7 Å². The van der Waals surface area contributed by atoms with Crippen molar-refractivity contribution >= 4 is 5.91 Å². The van der Waals surface area contributed by atoms with Gasteiger partial charge in [0.1, 0.15) is 6.61 Å². The quantitative estimate of drug-likeness (QED) is 0.923. The summed E-state index contributed by atoms with van der Waals surface area (Å²) in [7, 11) is 0. The van der Waals surface area contributed by atoms with Gasteiger partial charge in [-0.15, -0.1) is 0 Å². The van der Waals surface area contributed by atoms with Gasteiger partial charge in [-0.1, -0.05) is 25.3 Å². The van der Waals surface area contributed by atoms with Crippen molar-refractivity contribution in [2.45, 2.75) is 44.2 Å². The van der Waals surface area contributed by atoms with Crippen molar-refractivity contribution in [1.82, 2.24) is 15.2 Å². The first-order valence-corrected chi connectivity index (χ1v) is 8.36. The fraction of sp³-hybridized carbons (Fsp3) is 0.647. The van der Waals surface area contributed by atoms with Crippen molar-refractivity contribution in [1.29, 1.82) is 0 Å². The molecule has 1 amide bonds. The minimum absolute atomic E-state index is 0.0601. The summed E-state index contributed by atoms with van der Waals surface area (Å²) in [5, 5.41) is 3.36. The smallest absolute Gasteiger partial charge is 0.249 e. The highest BCUT2D eigenvalue weighted by Gasteiger charge is 2.28. The van der Waals surface area contributed by atoms with Crippen molar-refractivity contribution in [3.8, 4) is 0 Å². The van der Waals surface area contributed by atoms with Gasteiger partial charge in [0.2, 0.25) is 5.91 Å². The van der Waals surface area contributed by atoms with E-state index in [1.807, 2.05) is 23.2 Å². The second kappa shape index (κ2) is 7.70. The van der Waals surface area contributed by atoms with Crippen LogP contribution in [-0.4, -0.2) is 48.1 Å². The Morgan fingerprint density at radius 2 is 2.23 bits per heavy atom. The second-order valence-electron chi connectivity index (χ2n) is 6.16. The highest BCUT2D eigenvalue weighted by atomic mass is 16.5. The van der Waals surface area contributed by atoms with Crippen LogP contribution in [0.2, 0.25) is 0 Å². The maximum Gasteiger partial charge on any atom is 0.249 e. The normalized spacial score (nSPS) is 23.5. The molecule has 2 fully saturated rings. The van der Waals surface area contributed by atoms with Gasteiger partial charge in [-0.3, -0.25) is 9.78 Å². The summed E-state index contributed by atoms with van der Waals surface area (Å²) >= 11 is 0. The Morgan fingerprint density at radius 1 is 1.36 bits per heavy atom. The molecule has 1 aliphatic carbocycles. The molecule has 1 saturated carbocycles. The largest absolute Gasteiger partial charge is 0.368 e. The average Bonchev–Trinajstić information content (AvgIpc) is 2.61. The average molecular weight is 303 g/mol. The van der Waals surface area contributed by atoms with Gasteiger partial charge in [0.15, 0.2) is 0 Å². The van der Waals surface area contributed by atoms with Crippen LogP contribution in [0.1, 0.15) is 43.7 Å². The van der Waals surface area contributed by atoms with E-state index in [0.29, 0.717) is 0 Å². The summed E-state index contributed by atoms with van der Waals surface area (Å²) in [5.74, 6) is 0.0981. The summed E-state index contributed by atoms with van der Waals surface area (Å²) < 4.78 is 5.85. The summed E-state index contributed by atoms with van der Waals surface area (Å²) in [6.45, 7) is 2.56. The molecule has 120 valence electrons. The molecule has 1 aromatic rings. The molecular formula is C17H25N3O2. The highest BCUT2D eigenvalue weighted by Crippen LogP contribution is 2.23. The molecule has 3 rings (SSSR count). The summed E-state index contributed by atoms with van der Waals surface area (Å²) in [6, 6.07) is 4.02. The molecule has 5 nitrogen and oxygen atoms in total. The number of carbonyl (C=O) groups excluding carboxylic acids is 1. The van der Waals surface area contributed by atoms with Crippen molar-refractivity contribution in [2.24, 2.45) is 0 Å². The molecule has 0 bridgehead atoms. The molecule has 2 heterocycles. The zero-order chi connectivity index (χ0) is 15.2. The number of nitrogens with zero attached hydrogens (tertiary/aromatic N) is 2. The molecule has 1 unspecified atom stereocenters. The number of amides is 1. The van der Waals surface area contributed by atoms with E-state index < -0.39 is 0 Å². The number of aromatic nitrogens is 1. The number of piperazine rings is 1. The van der Waals surface area contributed by atoms with Crippen LogP contribution in [0.5, 0.6) is 0 Å². The summed E-state index contributed by atoms with van der Waals surface area (Å²) in [6.07, 6.45) is 9.84. The van der Waals surface area contributed by atoms with E-state index in [1.54, 1.807) is 6.20 Å². The molecule has 1 saturated heterocycles. The number of ether oxygens (including phenoxy) is 1. The van der Waals surface area contributed by atoms with Crippen molar-refractivity contribution in [3.63, 3.8) is 0 Å². The minimum Gasteiger partial charge on any atom is -0.368 e. The van der Waals surface area contributed by atoms with Crippen molar-refractivity contribution in [3.05, 3.63) is 30.1 Å². The third kappa shape index (κ3) is 3.84. The number of carbonyl (C=O) groups is 1. The lowest BCUT2D eigenvalue weighted by atomic mass is 9.98. The molecule has 1 aromatic heterocycles. The van der Waals surface area contributed by atoms with E-state index in [0.717, 1.165) is 38.0 Å². The van der Waals surface area contributed by atoms with Crippen LogP contribution in [0.4, 0.5) is 0 Å². The van der Waals surface area contributed by atoms with Crippen LogP contribution in [0.3, 0.4) is 0 Å². The standard InChI is InChI=1S/C17H25N3O2/c21-17(13-22-15-6-2-1-3-7-15)20-10-9-19-12-16(20)14-5-4-8-18-11-14/h4-5,8,11,15-16,19H,1-3,6-7,9-10,12-13H2. The van der Waals surface area contributed by atoms with E-state index in [2.05, 4.69) is 10.3 Å². The molecule has 1 N–H and O–H groups in total. The number of hydrogen-bond acceptors (Lipinski definition) is 4. The fourth-order valence-corrected chi connectivity index (χ4v) is 3.38. The van der Waals surface area contributed by atoms with Crippen LogP contribution in [-0.2, 0) is 9.53 Å². The Kier molecular flexibility index (Phi) is 5.40. The first kappa shape index (κ1) is 15.4. The van der Waals surface area contributed by atoms with Gasteiger partial charge in [-0.2, -0.15) is 0 Å². The molecule has 22 heavy (non-hydrogen) atoms. The van der Waals surface area contributed by atoms with Crippen LogP contribution in [0.15, 0.2) is 24.5 Å². The molecule has 0 aromatic carbocycles. The third-order valence-corrected chi connectivity index (χ3v) is 4.63. The van der Waals surface area contributed by atoms with E-state index >= 15 is 0 Å². The fourth-order valence-electron chi connectivity index (χ4n) is 3.38. The molecule has 0 spiro atoms. The van der Waals surface area contributed by atoms with E-state index in [1.165, 1.54) is 19.3 Å². The Hall–Kier alpha value is -1.46. The third-order valence-electron chi connectivity index (χ3n) is 4.63. The van der Waals surface area contributed by atoms with Gasteiger partial charge < -0.3 is 15.0 Å². The zero-order valence-electron chi connectivity index (χ0n) is 13.0. The lowest BCUT2D eigenvalue weighted by Gasteiger charge is -2.36. The Labute approximate surface area is 132 Å². The monoisotopic (exact) mass is 303 g/mol. The summed E-state index contributed by atoms with van der Waals surface area (Å²) in [4.78, 5) is 18.7. The van der Waals surface area contributed by atoms with Gasteiger partial charge in [-0.25, -0.2) is 0 Å². The predicted octanol–water partition coefficient (Wildman–Crippen LogP) is 1.90. The van der Waals surface area contributed by atoms with Crippen LogP contribution < -0.4 is 5.32 Å². The maximum atomic E-state index is 12.6. The van der Waals surface area contributed by atoms with Crippen LogP contribution >= 0.6 is 0 Å². The highest BCUT2D eigenvalue weighted by molar-refractivity contribution is 5.78. The molecule has 1 aliphatic heterocycles. The predicted molar refractivity (Wildman–Crippen MR) is 84.4 cm³/mol. The first-order chi connectivity index (χ1) is 10.8. The molecule has 1 atom stereocenters. The SMILES string of the molecule is O=C(COC1CCCCC1)N1CCNCC1c1cccnc1. The maximum absolute atomic E-state index is 12.6. The van der Waals surface area contributed by atoms with Gasteiger partial charge in [0.05, 0.1) is 12.1 Å². The van der Waals surface area contributed by atoms with Crippen molar-refractivity contribution < 1.29 is 9.53 Å². The van der Waals surface area contributed by atoms with Crippen LogP contribution in [0.25, 0.3) is 0 Å². The van der Waals surface area contributed by atoms with E-state index in [4.69, 9.17) is 4.74 Å². The Morgan fingerprint density at radius 3 is 3.00 bits per heavy atom. The van der Waals surface area contributed by atoms with Gasteiger partial charge in [0, 0.05) is 32.0 Å². The Balaban J connectivity index is 1.59. The number of pyridine rings is 1. The molecular weight excluding hydrogens is 278 g/mol. The van der Waals surface area contributed by atoms with Gasteiger partial charge >= 0.3 is 0 Å². The molecule has 5 heteroatoms. The Bertz CT molecular complexity index is 474. The molecule has 2 aliphatic rings. The second-order valence-corrected chi connectivity index (χ2v) is 6.16. The zero-order valence-corrected chi connectivity index (χ0v) is 13.0. The first-order valence-electron chi connectivity index (χ1n) is 8.36. The topological polar surface area (TPSA) is 54.5 Å². The van der Waals surface area contributed by atoms with Crippen molar-refractivity contribution in [2.75, 3.05) is 26.2 Å². The number of rotatable bonds is 4.